The predicted octanol–water partition coefficient (Wildman–Crippen LogP) is 15.1. The molecule has 0 radical (unpaired) electrons. The van der Waals surface area contributed by atoms with Gasteiger partial charge in [0.1, 0.15) is 22.3 Å². The molecular formula is C52H33NO2. The van der Waals surface area contributed by atoms with E-state index in [2.05, 4.69) is 175 Å². The van der Waals surface area contributed by atoms with E-state index in [-0.39, 0.29) is 0 Å². The van der Waals surface area contributed by atoms with Crippen molar-refractivity contribution >= 4 is 71.7 Å². The minimum Gasteiger partial charge on any atom is -0.456 e. The first kappa shape index (κ1) is 31.2. The number of rotatable bonds is 6. The zero-order valence-electron chi connectivity index (χ0n) is 29.8. The van der Waals surface area contributed by atoms with E-state index in [4.69, 9.17) is 8.83 Å². The topological polar surface area (TPSA) is 29.5 Å². The third-order valence-electron chi connectivity index (χ3n) is 10.9. The van der Waals surface area contributed by atoms with Gasteiger partial charge in [-0.2, -0.15) is 0 Å². The largest absolute Gasteiger partial charge is 0.456 e. The molecule has 9 aromatic carbocycles. The van der Waals surface area contributed by atoms with Gasteiger partial charge in [0.25, 0.3) is 0 Å². The second-order valence-corrected chi connectivity index (χ2v) is 14.1. The highest BCUT2D eigenvalue weighted by atomic mass is 16.3. The summed E-state index contributed by atoms with van der Waals surface area (Å²) in [6.45, 7) is 0. The number of fused-ring (bicyclic) bond motifs is 7. The normalized spacial score (nSPS) is 11.6. The van der Waals surface area contributed by atoms with Crippen LogP contribution in [-0.2, 0) is 0 Å². The zero-order chi connectivity index (χ0) is 36.3. The molecule has 0 spiro atoms. The zero-order valence-corrected chi connectivity index (χ0v) is 29.8. The van der Waals surface area contributed by atoms with Gasteiger partial charge in [-0.15, -0.1) is 0 Å². The second kappa shape index (κ2) is 12.6. The number of hydrogen-bond donors (Lipinski definition) is 0. The van der Waals surface area contributed by atoms with Gasteiger partial charge in [-0.25, -0.2) is 0 Å². The van der Waals surface area contributed by atoms with Crippen LogP contribution in [0.25, 0.3) is 88.0 Å². The molecule has 0 N–H and O–H groups in total. The average molecular weight is 704 g/mol. The Bertz CT molecular complexity index is 3200. The maximum absolute atomic E-state index is 6.22. The van der Waals surface area contributed by atoms with E-state index in [1.165, 1.54) is 33.0 Å². The average Bonchev–Trinajstić information content (AvgIpc) is 3.83. The lowest BCUT2D eigenvalue weighted by atomic mass is 9.97. The van der Waals surface area contributed by atoms with E-state index in [0.29, 0.717) is 0 Å². The van der Waals surface area contributed by atoms with E-state index in [1.54, 1.807) is 0 Å². The Labute approximate surface area is 317 Å². The van der Waals surface area contributed by atoms with E-state index >= 15 is 0 Å². The van der Waals surface area contributed by atoms with E-state index < -0.39 is 0 Å². The third-order valence-corrected chi connectivity index (χ3v) is 10.9. The first-order valence-electron chi connectivity index (χ1n) is 18.7. The fraction of sp³-hybridized carbons (Fsp3) is 0. The highest BCUT2D eigenvalue weighted by Gasteiger charge is 2.17. The van der Waals surface area contributed by atoms with Gasteiger partial charge >= 0.3 is 0 Å². The van der Waals surface area contributed by atoms with Crippen molar-refractivity contribution in [1.82, 2.24) is 0 Å². The lowest BCUT2D eigenvalue weighted by molar-refractivity contribution is 0.668. The summed E-state index contributed by atoms with van der Waals surface area (Å²) < 4.78 is 12.4. The van der Waals surface area contributed by atoms with Crippen LogP contribution >= 0.6 is 0 Å². The molecule has 11 rings (SSSR count). The van der Waals surface area contributed by atoms with Crippen molar-refractivity contribution in [3.05, 3.63) is 200 Å². The number of para-hydroxylation sites is 2. The van der Waals surface area contributed by atoms with Gasteiger partial charge in [-0.3, -0.25) is 0 Å². The Balaban J connectivity index is 0.998. The molecule has 3 heteroatoms. The molecule has 0 saturated heterocycles. The maximum Gasteiger partial charge on any atom is 0.136 e. The summed E-state index contributed by atoms with van der Waals surface area (Å²) >= 11 is 0. The van der Waals surface area contributed by atoms with Crippen molar-refractivity contribution in [2.24, 2.45) is 0 Å². The fourth-order valence-electron chi connectivity index (χ4n) is 8.16. The SMILES string of the molecule is c1cc(-c2ccc(N(c3ccc(-c4cccc5oc6ccccc6c45)cc3)c3ccc4oc5ccccc5c4c3)cc2)cc(-c2ccc3ccccc3c2)c1. The first-order chi connectivity index (χ1) is 27.2. The van der Waals surface area contributed by atoms with Gasteiger partial charge in [0, 0.05) is 38.6 Å². The summed E-state index contributed by atoms with van der Waals surface area (Å²) in [5, 5.41) is 6.97. The first-order valence-corrected chi connectivity index (χ1v) is 18.7. The van der Waals surface area contributed by atoms with Crippen LogP contribution in [0.5, 0.6) is 0 Å². The Hall–Kier alpha value is -7.36. The Kier molecular flexibility index (Phi) is 7.17. The summed E-state index contributed by atoms with van der Waals surface area (Å²) in [5.41, 5.74) is 13.8. The van der Waals surface area contributed by atoms with Crippen molar-refractivity contribution in [1.29, 1.82) is 0 Å². The molecule has 2 aromatic heterocycles. The van der Waals surface area contributed by atoms with Crippen LogP contribution in [0.15, 0.2) is 209 Å². The van der Waals surface area contributed by atoms with Crippen LogP contribution in [0.3, 0.4) is 0 Å². The van der Waals surface area contributed by atoms with Crippen LogP contribution < -0.4 is 4.90 Å². The Morgan fingerprint density at radius 3 is 1.64 bits per heavy atom. The van der Waals surface area contributed by atoms with Crippen LogP contribution in [0.4, 0.5) is 17.1 Å². The minimum absolute atomic E-state index is 0.877. The third kappa shape index (κ3) is 5.36. The molecule has 0 aliphatic rings. The molecule has 258 valence electrons. The molecule has 2 heterocycles. The summed E-state index contributed by atoms with van der Waals surface area (Å²) in [6, 6.07) is 71.1. The summed E-state index contributed by atoms with van der Waals surface area (Å²) in [7, 11) is 0. The van der Waals surface area contributed by atoms with Crippen molar-refractivity contribution < 1.29 is 8.83 Å². The van der Waals surface area contributed by atoms with Gasteiger partial charge in [0.15, 0.2) is 0 Å². The molecule has 0 saturated carbocycles. The molecule has 0 bridgehead atoms. The van der Waals surface area contributed by atoms with Gasteiger partial charge in [0.2, 0.25) is 0 Å². The van der Waals surface area contributed by atoms with Crippen molar-refractivity contribution in [3.8, 4) is 33.4 Å². The monoisotopic (exact) mass is 703 g/mol. The summed E-state index contributed by atoms with van der Waals surface area (Å²) in [6.07, 6.45) is 0. The number of benzene rings is 9. The van der Waals surface area contributed by atoms with Crippen molar-refractivity contribution in [2.75, 3.05) is 4.90 Å². The highest BCUT2D eigenvalue weighted by Crippen LogP contribution is 2.42. The van der Waals surface area contributed by atoms with Crippen LogP contribution in [0, 0.1) is 0 Å². The molecule has 0 unspecified atom stereocenters. The van der Waals surface area contributed by atoms with Crippen LogP contribution in [-0.4, -0.2) is 0 Å². The Morgan fingerprint density at radius 1 is 0.291 bits per heavy atom. The van der Waals surface area contributed by atoms with E-state index in [1.807, 2.05) is 30.3 Å². The van der Waals surface area contributed by atoms with E-state index in [9.17, 15) is 0 Å². The predicted molar refractivity (Wildman–Crippen MR) is 229 cm³/mol. The molecular weight excluding hydrogens is 671 g/mol. The molecule has 11 aromatic rings. The van der Waals surface area contributed by atoms with Crippen molar-refractivity contribution in [2.45, 2.75) is 0 Å². The van der Waals surface area contributed by atoms with Gasteiger partial charge in [-0.1, -0.05) is 127 Å². The molecule has 0 aliphatic heterocycles. The number of anilines is 3. The van der Waals surface area contributed by atoms with Crippen molar-refractivity contribution in [3.63, 3.8) is 0 Å². The van der Waals surface area contributed by atoms with E-state index in [0.717, 1.165) is 72.1 Å². The standard InChI is InChI=1S/C52H33NO2/c1-2-10-37-32-40(20-19-34(37)9-1)39-12-7-11-38(31-39)35-21-25-41(26-22-35)53(43-29-30-50-47(33-43)45-13-3-5-16-48(45)54-50)42-27-23-36(24-28-42)44-15-8-18-51-52(44)46-14-4-6-17-49(46)55-51/h1-33H. The Morgan fingerprint density at radius 2 is 0.836 bits per heavy atom. The highest BCUT2D eigenvalue weighted by molar-refractivity contribution is 6.12. The summed E-state index contributed by atoms with van der Waals surface area (Å²) in [5.74, 6) is 0. The molecule has 55 heavy (non-hydrogen) atoms. The molecule has 0 aliphatic carbocycles. The summed E-state index contributed by atoms with van der Waals surface area (Å²) in [4.78, 5) is 2.33. The lowest BCUT2D eigenvalue weighted by Crippen LogP contribution is -2.09. The van der Waals surface area contributed by atoms with Gasteiger partial charge in [0.05, 0.1) is 0 Å². The second-order valence-electron chi connectivity index (χ2n) is 14.1. The number of nitrogens with zero attached hydrogens (tertiary/aromatic N) is 1. The van der Waals surface area contributed by atoms with Gasteiger partial charge in [-0.05, 0) is 117 Å². The molecule has 0 amide bonds. The lowest BCUT2D eigenvalue weighted by Gasteiger charge is -2.26. The molecule has 0 atom stereocenters. The molecule has 0 fully saturated rings. The van der Waals surface area contributed by atoms with Gasteiger partial charge < -0.3 is 13.7 Å². The maximum atomic E-state index is 6.22. The molecule has 3 nitrogen and oxygen atoms in total. The number of furan rings is 2. The fourth-order valence-corrected chi connectivity index (χ4v) is 8.16. The van der Waals surface area contributed by atoms with Crippen LogP contribution in [0.2, 0.25) is 0 Å². The smallest absolute Gasteiger partial charge is 0.136 e. The minimum atomic E-state index is 0.877. The number of hydrogen-bond acceptors (Lipinski definition) is 3. The quantitative estimate of drug-likeness (QED) is 0.173. The van der Waals surface area contributed by atoms with Crippen LogP contribution in [0.1, 0.15) is 0 Å².